The summed E-state index contributed by atoms with van der Waals surface area (Å²) in [5, 5.41) is 0. The summed E-state index contributed by atoms with van der Waals surface area (Å²) in [6.07, 6.45) is 1.98. The van der Waals surface area contributed by atoms with Crippen molar-refractivity contribution in [1.82, 2.24) is 4.90 Å². The third-order valence-electron chi connectivity index (χ3n) is 3.53. The van der Waals surface area contributed by atoms with Crippen LogP contribution in [-0.2, 0) is 14.6 Å². The lowest BCUT2D eigenvalue weighted by Crippen LogP contribution is -2.53. The number of amides is 1. The number of hydrogen-bond acceptors (Lipinski definition) is 3. The summed E-state index contributed by atoms with van der Waals surface area (Å²) in [7, 11) is -3.38. The zero-order valence-electron chi connectivity index (χ0n) is 10.7. The second-order valence-electron chi connectivity index (χ2n) is 5.32. The van der Waals surface area contributed by atoms with E-state index in [1.54, 1.807) is 4.90 Å². The monoisotopic (exact) mass is 325 g/mol. The van der Waals surface area contributed by atoms with Gasteiger partial charge in [0, 0.05) is 24.2 Å². The topological polar surface area (TPSA) is 54.5 Å². The maximum absolute atomic E-state index is 12.3. The Kier molecular flexibility index (Phi) is 4.29. The lowest BCUT2D eigenvalue weighted by Gasteiger charge is -2.38. The predicted molar refractivity (Wildman–Crippen MR) is 72.0 cm³/mol. The Hall–Kier alpha value is -0.100. The first kappa shape index (κ1) is 15.0. The van der Waals surface area contributed by atoms with Crippen LogP contribution in [0.4, 0.5) is 0 Å². The van der Waals surface area contributed by atoms with E-state index in [0.717, 1.165) is 12.7 Å². The molecule has 100 valence electrons. The van der Waals surface area contributed by atoms with Gasteiger partial charge in [0.05, 0.1) is 0 Å². The highest BCUT2D eigenvalue weighted by Gasteiger charge is 2.42. The standard InChI is InChI=1S/C11H20BrNO3S/c1-8-7-13(6-5-9(8)12)10(14)11(2,3)17(4,15)16/h8-9H,5-7H2,1-4H3. The molecule has 6 heteroatoms. The maximum atomic E-state index is 12.3. The number of halogens is 1. The minimum absolute atomic E-state index is 0.286. The van der Waals surface area contributed by atoms with E-state index in [4.69, 9.17) is 0 Å². The third-order valence-corrected chi connectivity index (χ3v) is 6.92. The fourth-order valence-electron chi connectivity index (χ4n) is 1.84. The lowest BCUT2D eigenvalue weighted by atomic mass is 9.98. The number of alkyl halides is 1. The predicted octanol–water partition coefficient (Wildman–Crippen LogP) is 1.44. The van der Waals surface area contributed by atoms with Crippen LogP contribution in [0.15, 0.2) is 0 Å². The average molecular weight is 326 g/mol. The molecule has 1 rings (SSSR count). The Morgan fingerprint density at radius 2 is 1.94 bits per heavy atom. The Balaban J connectivity index is 2.85. The van der Waals surface area contributed by atoms with Crippen LogP contribution in [0.25, 0.3) is 0 Å². The van der Waals surface area contributed by atoms with Crippen LogP contribution in [0.5, 0.6) is 0 Å². The van der Waals surface area contributed by atoms with E-state index in [-0.39, 0.29) is 5.91 Å². The minimum Gasteiger partial charge on any atom is -0.341 e. The van der Waals surface area contributed by atoms with Gasteiger partial charge in [-0.15, -0.1) is 0 Å². The molecular weight excluding hydrogens is 306 g/mol. The van der Waals surface area contributed by atoms with Gasteiger partial charge in [0.15, 0.2) is 9.84 Å². The van der Waals surface area contributed by atoms with Gasteiger partial charge in [-0.3, -0.25) is 4.79 Å². The van der Waals surface area contributed by atoms with Gasteiger partial charge in [0.2, 0.25) is 5.91 Å². The SMILES string of the molecule is CC1CN(C(=O)C(C)(C)S(C)(=O)=O)CCC1Br. The summed E-state index contributed by atoms with van der Waals surface area (Å²) < 4.78 is 21.9. The molecular formula is C11H20BrNO3S. The lowest BCUT2D eigenvalue weighted by molar-refractivity contribution is -0.134. The van der Waals surface area contributed by atoms with Gasteiger partial charge in [0.25, 0.3) is 0 Å². The number of carbonyl (C=O) groups excluding carboxylic acids is 1. The van der Waals surface area contributed by atoms with Gasteiger partial charge in [-0.25, -0.2) is 8.42 Å². The zero-order valence-corrected chi connectivity index (χ0v) is 13.1. The van der Waals surface area contributed by atoms with Crippen molar-refractivity contribution in [3.63, 3.8) is 0 Å². The first-order valence-electron chi connectivity index (χ1n) is 5.70. The molecule has 2 atom stereocenters. The van der Waals surface area contributed by atoms with Crippen molar-refractivity contribution in [2.75, 3.05) is 19.3 Å². The smallest absolute Gasteiger partial charge is 0.243 e. The number of carbonyl (C=O) groups is 1. The van der Waals surface area contributed by atoms with Crippen LogP contribution >= 0.6 is 15.9 Å². The Labute approximate surface area is 112 Å². The summed E-state index contributed by atoms with van der Waals surface area (Å²) in [5.41, 5.74) is 0. The minimum atomic E-state index is -3.38. The molecule has 17 heavy (non-hydrogen) atoms. The van der Waals surface area contributed by atoms with Gasteiger partial charge < -0.3 is 4.90 Å². The van der Waals surface area contributed by atoms with Crippen LogP contribution in [0.2, 0.25) is 0 Å². The number of rotatable bonds is 2. The first-order valence-corrected chi connectivity index (χ1v) is 8.51. The van der Waals surface area contributed by atoms with Crippen molar-refractivity contribution in [3.8, 4) is 0 Å². The van der Waals surface area contributed by atoms with E-state index in [1.165, 1.54) is 13.8 Å². The van der Waals surface area contributed by atoms with Gasteiger partial charge >= 0.3 is 0 Å². The van der Waals surface area contributed by atoms with Crippen LogP contribution in [0.3, 0.4) is 0 Å². The second kappa shape index (κ2) is 4.88. The van der Waals surface area contributed by atoms with Crippen LogP contribution in [0, 0.1) is 5.92 Å². The highest BCUT2D eigenvalue weighted by Crippen LogP contribution is 2.27. The fourth-order valence-corrected chi connectivity index (χ4v) is 2.66. The molecule has 1 aliphatic heterocycles. The first-order chi connectivity index (χ1) is 7.57. The van der Waals surface area contributed by atoms with E-state index in [0.29, 0.717) is 23.8 Å². The molecule has 2 unspecified atom stereocenters. The molecule has 0 aromatic heterocycles. The van der Waals surface area contributed by atoms with Crippen molar-refractivity contribution >= 4 is 31.7 Å². The number of piperidine rings is 1. The molecule has 1 aliphatic rings. The molecule has 4 nitrogen and oxygen atoms in total. The molecule has 1 amide bonds. The molecule has 1 heterocycles. The Morgan fingerprint density at radius 3 is 2.35 bits per heavy atom. The van der Waals surface area contributed by atoms with Gasteiger partial charge in [-0.1, -0.05) is 22.9 Å². The molecule has 1 fully saturated rings. The summed E-state index contributed by atoms with van der Waals surface area (Å²) in [5.74, 6) is 0.0642. The average Bonchev–Trinajstić information content (AvgIpc) is 2.19. The molecule has 0 saturated carbocycles. The fraction of sp³-hybridized carbons (Fsp3) is 0.909. The van der Waals surface area contributed by atoms with Crippen molar-refractivity contribution in [3.05, 3.63) is 0 Å². The van der Waals surface area contributed by atoms with E-state index < -0.39 is 14.6 Å². The van der Waals surface area contributed by atoms with E-state index in [9.17, 15) is 13.2 Å². The highest BCUT2D eigenvalue weighted by molar-refractivity contribution is 9.09. The number of hydrogen-bond donors (Lipinski definition) is 0. The van der Waals surface area contributed by atoms with E-state index in [2.05, 4.69) is 22.9 Å². The summed E-state index contributed by atoms with van der Waals surface area (Å²) in [6, 6.07) is 0. The van der Waals surface area contributed by atoms with Crippen LogP contribution in [-0.4, -0.2) is 48.1 Å². The van der Waals surface area contributed by atoms with Crippen LogP contribution < -0.4 is 0 Å². The molecule has 0 aliphatic carbocycles. The van der Waals surface area contributed by atoms with E-state index in [1.807, 2.05) is 0 Å². The summed E-state index contributed by atoms with van der Waals surface area (Å²) >= 11 is 3.56. The van der Waals surface area contributed by atoms with Gasteiger partial charge in [-0.05, 0) is 26.2 Å². The molecule has 0 spiro atoms. The van der Waals surface area contributed by atoms with Crippen molar-refractivity contribution in [1.29, 1.82) is 0 Å². The Bertz CT molecular complexity index is 405. The highest BCUT2D eigenvalue weighted by atomic mass is 79.9. The second-order valence-corrected chi connectivity index (χ2v) is 9.06. The van der Waals surface area contributed by atoms with Crippen molar-refractivity contribution in [2.24, 2.45) is 5.92 Å². The van der Waals surface area contributed by atoms with Gasteiger partial charge in [-0.2, -0.15) is 0 Å². The van der Waals surface area contributed by atoms with Crippen LogP contribution in [0.1, 0.15) is 27.2 Å². The van der Waals surface area contributed by atoms with Crippen molar-refractivity contribution in [2.45, 2.75) is 36.8 Å². The van der Waals surface area contributed by atoms with Gasteiger partial charge in [0.1, 0.15) is 4.75 Å². The molecule has 0 aromatic carbocycles. The molecule has 1 saturated heterocycles. The molecule has 0 bridgehead atoms. The maximum Gasteiger partial charge on any atom is 0.243 e. The number of nitrogens with zero attached hydrogens (tertiary/aromatic N) is 1. The number of likely N-dealkylation sites (tertiary alicyclic amines) is 1. The van der Waals surface area contributed by atoms with E-state index >= 15 is 0 Å². The molecule has 0 radical (unpaired) electrons. The summed E-state index contributed by atoms with van der Waals surface area (Å²) in [4.78, 5) is 14.3. The molecule has 0 N–H and O–H groups in total. The quantitative estimate of drug-likeness (QED) is 0.722. The normalized spacial score (nSPS) is 27.0. The largest absolute Gasteiger partial charge is 0.341 e. The van der Waals surface area contributed by atoms with Crippen molar-refractivity contribution < 1.29 is 13.2 Å². The summed E-state index contributed by atoms with van der Waals surface area (Å²) in [6.45, 7) is 6.27. The Morgan fingerprint density at radius 1 is 1.41 bits per heavy atom. The number of sulfone groups is 1. The zero-order chi connectivity index (χ0) is 13.4. The molecule has 0 aromatic rings. The third kappa shape index (κ3) is 3.02.